The Kier molecular flexibility index (Phi) is 5.02. The molecule has 1 heterocycles. The number of carbonyl (C=O) groups excluding carboxylic acids is 1. The van der Waals surface area contributed by atoms with Crippen LogP contribution in [-0.4, -0.2) is 17.5 Å². The summed E-state index contributed by atoms with van der Waals surface area (Å²) in [5, 5.41) is 3.57. The number of amides is 1. The van der Waals surface area contributed by atoms with Gasteiger partial charge in [-0.3, -0.25) is 9.59 Å². The molecule has 0 saturated carbocycles. The lowest BCUT2D eigenvalue weighted by atomic mass is 10.1. The minimum atomic E-state index is -0.372. The van der Waals surface area contributed by atoms with Crippen LogP contribution in [0.5, 0.6) is 5.75 Å². The van der Waals surface area contributed by atoms with Crippen molar-refractivity contribution in [1.29, 1.82) is 0 Å². The normalized spacial score (nSPS) is 10.7. The van der Waals surface area contributed by atoms with Crippen LogP contribution in [0.3, 0.4) is 0 Å². The number of aromatic amines is 1. The average Bonchev–Trinajstić information content (AvgIpc) is 2.61. The van der Waals surface area contributed by atoms with Crippen LogP contribution in [-0.2, 0) is 11.3 Å². The maximum Gasteiger partial charge on any atom is 0.258 e. The molecule has 6 heteroatoms. The summed E-state index contributed by atoms with van der Waals surface area (Å²) in [4.78, 5) is 26.9. The topological polar surface area (TPSA) is 71.2 Å². The fourth-order valence-corrected chi connectivity index (χ4v) is 2.58. The number of rotatable bonds is 5. The number of aromatic nitrogens is 1. The van der Waals surface area contributed by atoms with Crippen LogP contribution in [0.2, 0.25) is 0 Å². The van der Waals surface area contributed by atoms with E-state index in [1.807, 2.05) is 26.0 Å². The molecule has 1 aromatic heterocycles. The fraction of sp³-hybridized carbons (Fsp3) is 0.200. The number of benzene rings is 2. The summed E-state index contributed by atoms with van der Waals surface area (Å²) in [6.45, 7) is 3.88. The van der Waals surface area contributed by atoms with Crippen molar-refractivity contribution < 1.29 is 13.9 Å². The number of pyridine rings is 1. The van der Waals surface area contributed by atoms with Gasteiger partial charge in [0.1, 0.15) is 11.6 Å². The Hall–Kier alpha value is -3.15. The van der Waals surface area contributed by atoms with Gasteiger partial charge in [0, 0.05) is 17.6 Å². The molecular formula is C20H19FN2O3. The lowest BCUT2D eigenvalue weighted by Crippen LogP contribution is -2.30. The van der Waals surface area contributed by atoms with Crippen molar-refractivity contribution in [2.24, 2.45) is 0 Å². The number of hydrogen-bond acceptors (Lipinski definition) is 3. The Bertz CT molecular complexity index is 1010. The Balaban J connectivity index is 1.64. The minimum absolute atomic E-state index is 0.101. The molecule has 0 radical (unpaired) electrons. The van der Waals surface area contributed by atoms with E-state index in [4.69, 9.17) is 4.74 Å². The molecule has 0 atom stereocenters. The van der Waals surface area contributed by atoms with Gasteiger partial charge in [0.15, 0.2) is 6.61 Å². The van der Waals surface area contributed by atoms with Crippen molar-refractivity contribution >= 4 is 16.8 Å². The number of halogens is 1. The Labute approximate surface area is 149 Å². The molecule has 0 fully saturated rings. The maximum absolute atomic E-state index is 12.8. The van der Waals surface area contributed by atoms with Crippen LogP contribution in [0.1, 0.15) is 16.7 Å². The summed E-state index contributed by atoms with van der Waals surface area (Å²) in [5.74, 6) is -0.340. The highest BCUT2D eigenvalue weighted by molar-refractivity contribution is 5.81. The maximum atomic E-state index is 12.8. The van der Waals surface area contributed by atoms with E-state index in [-0.39, 0.29) is 30.4 Å². The third-order valence-electron chi connectivity index (χ3n) is 4.20. The molecule has 0 bridgehead atoms. The molecule has 0 saturated heterocycles. The standard InChI is InChI=1S/C20H19FN2O3/c1-12-7-14-9-15(20(25)23-18(14)8-13(12)2)10-22-19(24)11-26-17-5-3-16(21)4-6-17/h3-9H,10-11H2,1-2H3,(H,22,24)(H,23,25). The van der Waals surface area contributed by atoms with Gasteiger partial charge in [0.05, 0.1) is 0 Å². The van der Waals surface area contributed by atoms with Crippen molar-refractivity contribution in [2.75, 3.05) is 6.61 Å². The fourth-order valence-electron chi connectivity index (χ4n) is 2.58. The molecule has 0 unspecified atom stereocenters. The largest absolute Gasteiger partial charge is 0.484 e. The molecule has 0 aliphatic rings. The van der Waals surface area contributed by atoms with Crippen molar-refractivity contribution in [1.82, 2.24) is 10.3 Å². The van der Waals surface area contributed by atoms with E-state index in [9.17, 15) is 14.0 Å². The zero-order valence-corrected chi connectivity index (χ0v) is 14.6. The lowest BCUT2D eigenvalue weighted by Gasteiger charge is -2.09. The van der Waals surface area contributed by atoms with E-state index in [1.54, 1.807) is 6.07 Å². The Morgan fingerprint density at radius 3 is 2.54 bits per heavy atom. The molecule has 2 aromatic carbocycles. The zero-order chi connectivity index (χ0) is 18.7. The number of fused-ring (bicyclic) bond motifs is 1. The van der Waals surface area contributed by atoms with Gasteiger partial charge < -0.3 is 15.0 Å². The van der Waals surface area contributed by atoms with Crippen molar-refractivity contribution in [2.45, 2.75) is 20.4 Å². The summed E-state index contributed by atoms with van der Waals surface area (Å²) in [5.41, 5.74) is 3.24. The number of carbonyl (C=O) groups is 1. The molecule has 1 amide bonds. The predicted octanol–water partition coefficient (Wildman–Crippen LogP) is 2.98. The number of nitrogens with one attached hydrogen (secondary N) is 2. The van der Waals surface area contributed by atoms with E-state index in [0.29, 0.717) is 11.3 Å². The number of H-pyrrole nitrogens is 1. The molecule has 134 valence electrons. The van der Waals surface area contributed by atoms with Gasteiger partial charge in [0.2, 0.25) is 0 Å². The summed E-state index contributed by atoms with van der Waals surface area (Å²) in [7, 11) is 0. The van der Waals surface area contributed by atoms with Crippen LogP contribution >= 0.6 is 0 Å². The highest BCUT2D eigenvalue weighted by atomic mass is 19.1. The highest BCUT2D eigenvalue weighted by Crippen LogP contribution is 2.17. The predicted molar refractivity (Wildman–Crippen MR) is 97.8 cm³/mol. The van der Waals surface area contributed by atoms with E-state index in [2.05, 4.69) is 10.3 Å². The van der Waals surface area contributed by atoms with Crippen molar-refractivity contribution in [3.05, 3.63) is 75.3 Å². The molecule has 3 rings (SSSR count). The van der Waals surface area contributed by atoms with Crippen LogP contribution < -0.4 is 15.6 Å². The molecule has 0 aliphatic heterocycles. The van der Waals surface area contributed by atoms with E-state index >= 15 is 0 Å². The molecule has 26 heavy (non-hydrogen) atoms. The summed E-state index contributed by atoms with van der Waals surface area (Å²) >= 11 is 0. The number of ether oxygens (including phenoxy) is 1. The van der Waals surface area contributed by atoms with E-state index < -0.39 is 0 Å². The molecular weight excluding hydrogens is 335 g/mol. The SMILES string of the molecule is Cc1cc2cc(CNC(=O)COc3ccc(F)cc3)c(=O)[nH]c2cc1C. The van der Waals surface area contributed by atoms with Gasteiger partial charge in [-0.15, -0.1) is 0 Å². The van der Waals surface area contributed by atoms with E-state index in [0.717, 1.165) is 22.0 Å². The average molecular weight is 354 g/mol. The first kappa shape index (κ1) is 17.7. The minimum Gasteiger partial charge on any atom is -0.484 e. The second kappa shape index (κ2) is 7.39. The second-order valence-electron chi connectivity index (χ2n) is 6.17. The van der Waals surface area contributed by atoms with Gasteiger partial charge in [-0.2, -0.15) is 0 Å². The van der Waals surface area contributed by atoms with Gasteiger partial charge in [-0.05, 0) is 72.8 Å². The van der Waals surface area contributed by atoms with Gasteiger partial charge in [-0.25, -0.2) is 4.39 Å². The van der Waals surface area contributed by atoms with Gasteiger partial charge in [0.25, 0.3) is 11.5 Å². The monoisotopic (exact) mass is 354 g/mol. The number of aryl methyl sites for hydroxylation is 2. The first-order valence-electron chi connectivity index (χ1n) is 8.20. The van der Waals surface area contributed by atoms with Gasteiger partial charge in [-0.1, -0.05) is 0 Å². The first-order chi connectivity index (χ1) is 12.4. The molecule has 3 aromatic rings. The smallest absolute Gasteiger partial charge is 0.258 e. The second-order valence-corrected chi connectivity index (χ2v) is 6.17. The molecule has 5 nitrogen and oxygen atoms in total. The van der Waals surface area contributed by atoms with Crippen LogP contribution in [0.25, 0.3) is 10.9 Å². The summed E-state index contributed by atoms with van der Waals surface area (Å²) in [6, 6.07) is 11.1. The summed E-state index contributed by atoms with van der Waals surface area (Å²) in [6.07, 6.45) is 0. The lowest BCUT2D eigenvalue weighted by molar-refractivity contribution is -0.123. The molecule has 0 spiro atoms. The molecule has 0 aliphatic carbocycles. The van der Waals surface area contributed by atoms with Crippen LogP contribution in [0, 0.1) is 19.7 Å². The van der Waals surface area contributed by atoms with E-state index in [1.165, 1.54) is 24.3 Å². The first-order valence-corrected chi connectivity index (χ1v) is 8.20. The third kappa shape index (κ3) is 4.08. The third-order valence-corrected chi connectivity index (χ3v) is 4.20. The van der Waals surface area contributed by atoms with Crippen molar-refractivity contribution in [3.8, 4) is 5.75 Å². The quantitative estimate of drug-likeness (QED) is 0.740. The van der Waals surface area contributed by atoms with Crippen LogP contribution in [0.4, 0.5) is 4.39 Å². The number of hydrogen-bond donors (Lipinski definition) is 2. The Morgan fingerprint density at radius 1 is 1.12 bits per heavy atom. The molecule has 2 N–H and O–H groups in total. The Morgan fingerprint density at radius 2 is 1.81 bits per heavy atom. The summed E-state index contributed by atoms with van der Waals surface area (Å²) < 4.78 is 18.1. The highest BCUT2D eigenvalue weighted by Gasteiger charge is 2.08. The van der Waals surface area contributed by atoms with Crippen molar-refractivity contribution in [3.63, 3.8) is 0 Å². The van der Waals surface area contributed by atoms with Crippen LogP contribution in [0.15, 0.2) is 47.3 Å². The zero-order valence-electron chi connectivity index (χ0n) is 14.6. The van der Waals surface area contributed by atoms with Gasteiger partial charge >= 0.3 is 0 Å².